The molecule has 4 nitrogen and oxygen atoms in total. The van der Waals surface area contributed by atoms with Crippen molar-refractivity contribution in [3.63, 3.8) is 0 Å². The van der Waals surface area contributed by atoms with E-state index in [2.05, 4.69) is 10.1 Å². The Morgan fingerprint density at radius 2 is 2.12 bits per heavy atom. The van der Waals surface area contributed by atoms with E-state index in [9.17, 15) is 5.11 Å². The number of rotatable bonds is 3. The lowest BCUT2D eigenvalue weighted by Gasteiger charge is -2.09. The lowest BCUT2D eigenvalue weighted by Crippen LogP contribution is -2.05. The van der Waals surface area contributed by atoms with Crippen molar-refractivity contribution in [2.75, 3.05) is 0 Å². The number of aryl methyl sites for hydroxylation is 3. The Morgan fingerprint density at radius 1 is 1.41 bits per heavy atom. The molecule has 1 atom stereocenters. The van der Waals surface area contributed by atoms with E-state index in [4.69, 9.17) is 0 Å². The fourth-order valence-corrected chi connectivity index (χ4v) is 2.70. The number of hydrogen-bond acceptors (Lipinski definition) is 4. The van der Waals surface area contributed by atoms with Crippen molar-refractivity contribution in [2.45, 2.75) is 33.3 Å². The number of nitrogens with zero attached hydrogens (tertiary/aromatic N) is 3. The van der Waals surface area contributed by atoms with Crippen LogP contribution in [-0.2, 0) is 13.5 Å². The normalized spacial score (nSPS) is 13.0. The predicted molar refractivity (Wildman–Crippen MR) is 68.2 cm³/mol. The average Bonchev–Trinajstić information content (AvgIpc) is 2.73. The zero-order valence-electron chi connectivity index (χ0n) is 10.6. The molecule has 0 aliphatic heterocycles. The van der Waals surface area contributed by atoms with E-state index in [0.29, 0.717) is 6.42 Å². The molecule has 0 saturated carbocycles. The molecule has 0 bridgehead atoms. The smallest absolute Gasteiger partial charge is 0.0897 e. The Labute approximate surface area is 105 Å². The maximum Gasteiger partial charge on any atom is 0.0897 e. The van der Waals surface area contributed by atoms with E-state index in [1.807, 2.05) is 33.2 Å². The van der Waals surface area contributed by atoms with Gasteiger partial charge in [0.25, 0.3) is 0 Å². The van der Waals surface area contributed by atoms with E-state index in [-0.39, 0.29) is 0 Å². The minimum absolute atomic E-state index is 0.523. The minimum atomic E-state index is -0.523. The van der Waals surface area contributed by atoms with Crippen molar-refractivity contribution >= 4 is 11.3 Å². The van der Waals surface area contributed by atoms with Gasteiger partial charge in [0.1, 0.15) is 0 Å². The summed E-state index contributed by atoms with van der Waals surface area (Å²) in [4.78, 5) is 4.37. The van der Waals surface area contributed by atoms with Crippen molar-refractivity contribution in [1.29, 1.82) is 0 Å². The van der Waals surface area contributed by atoms with Gasteiger partial charge >= 0.3 is 0 Å². The quantitative estimate of drug-likeness (QED) is 0.908. The van der Waals surface area contributed by atoms with Gasteiger partial charge in [0.05, 0.1) is 22.5 Å². The van der Waals surface area contributed by atoms with E-state index in [1.165, 1.54) is 0 Å². The average molecular weight is 251 g/mol. The van der Waals surface area contributed by atoms with Crippen LogP contribution >= 0.6 is 11.3 Å². The van der Waals surface area contributed by atoms with Crippen molar-refractivity contribution < 1.29 is 5.11 Å². The van der Waals surface area contributed by atoms with Crippen LogP contribution in [0, 0.1) is 20.8 Å². The summed E-state index contributed by atoms with van der Waals surface area (Å²) in [6.07, 6.45) is 0.0303. The highest BCUT2D eigenvalue weighted by molar-refractivity contribution is 7.09. The molecular formula is C12H17N3OS. The van der Waals surface area contributed by atoms with Gasteiger partial charge in [-0.25, -0.2) is 4.98 Å². The third-order valence-electron chi connectivity index (χ3n) is 2.97. The molecule has 0 amide bonds. The maximum atomic E-state index is 10.3. The highest BCUT2D eigenvalue weighted by Gasteiger charge is 2.19. The van der Waals surface area contributed by atoms with Gasteiger partial charge in [-0.3, -0.25) is 4.68 Å². The lowest BCUT2D eigenvalue weighted by atomic mass is 10.0. The first-order valence-corrected chi connectivity index (χ1v) is 6.46. The Bertz CT molecular complexity index is 530. The van der Waals surface area contributed by atoms with Crippen LogP contribution in [0.4, 0.5) is 0 Å². The van der Waals surface area contributed by atoms with Gasteiger partial charge in [0, 0.05) is 30.1 Å². The highest BCUT2D eigenvalue weighted by atomic mass is 32.1. The Kier molecular flexibility index (Phi) is 3.31. The zero-order chi connectivity index (χ0) is 12.6. The van der Waals surface area contributed by atoms with Crippen LogP contribution in [0.2, 0.25) is 0 Å². The standard InChI is InChI=1S/C12H17N3OS/c1-7-12(8(2)15(4)14-7)11(16)5-10-6-17-9(3)13-10/h6,11,16H,5H2,1-4H3. The van der Waals surface area contributed by atoms with Crippen molar-refractivity contribution in [2.24, 2.45) is 7.05 Å². The first-order chi connectivity index (χ1) is 7.99. The molecule has 1 N–H and O–H groups in total. The molecule has 2 aromatic rings. The Hall–Kier alpha value is -1.20. The van der Waals surface area contributed by atoms with Gasteiger partial charge in [0.2, 0.25) is 0 Å². The summed E-state index contributed by atoms with van der Waals surface area (Å²) in [5, 5.41) is 17.6. The van der Waals surface area contributed by atoms with Gasteiger partial charge in [-0.1, -0.05) is 0 Å². The molecule has 1 unspecified atom stereocenters. The molecule has 0 fully saturated rings. The highest BCUT2D eigenvalue weighted by Crippen LogP contribution is 2.24. The fourth-order valence-electron chi connectivity index (χ4n) is 2.07. The third-order valence-corrected chi connectivity index (χ3v) is 3.79. The van der Waals surface area contributed by atoms with Crippen molar-refractivity contribution in [3.05, 3.63) is 33.0 Å². The predicted octanol–water partition coefficient (Wildman–Crippen LogP) is 2.08. The van der Waals surface area contributed by atoms with E-state index in [1.54, 1.807) is 16.0 Å². The molecule has 0 spiro atoms. The molecule has 92 valence electrons. The number of aromatic nitrogens is 3. The molecule has 0 aliphatic rings. The molecule has 0 radical (unpaired) electrons. The Morgan fingerprint density at radius 3 is 2.59 bits per heavy atom. The molecule has 5 heteroatoms. The van der Waals surface area contributed by atoms with Crippen LogP contribution in [0.25, 0.3) is 0 Å². The minimum Gasteiger partial charge on any atom is -0.388 e. The second-order valence-electron chi connectivity index (χ2n) is 4.29. The number of aliphatic hydroxyl groups is 1. The summed E-state index contributed by atoms with van der Waals surface area (Å²) < 4.78 is 1.81. The largest absolute Gasteiger partial charge is 0.388 e. The summed E-state index contributed by atoms with van der Waals surface area (Å²) in [7, 11) is 1.89. The van der Waals surface area contributed by atoms with Crippen LogP contribution in [-0.4, -0.2) is 19.9 Å². The van der Waals surface area contributed by atoms with Gasteiger partial charge < -0.3 is 5.11 Å². The second kappa shape index (κ2) is 4.58. The van der Waals surface area contributed by atoms with Crippen LogP contribution in [0.1, 0.15) is 33.8 Å². The fraction of sp³-hybridized carbons (Fsp3) is 0.500. The number of aliphatic hydroxyl groups excluding tert-OH is 1. The molecule has 2 heterocycles. The Balaban J connectivity index is 2.22. The second-order valence-corrected chi connectivity index (χ2v) is 5.35. The van der Waals surface area contributed by atoms with E-state index < -0.39 is 6.10 Å². The summed E-state index contributed by atoms with van der Waals surface area (Å²) in [6.45, 7) is 5.88. The monoisotopic (exact) mass is 251 g/mol. The number of hydrogen-bond donors (Lipinski definition) is 1. The molecule has 2 aromatic heterocycles. The summed E-state index contributed by atoms with van der Waals surface area (Å²) >= 11 is 1.61. The molecular weight excluding hydrogens is 234 g/mol. The van der Waals surface area contributed by atoms with Crippen molar-refractivity contribution in [3.8, 4) is 0 Å². The summed E-state index contributed by atoms with van der Waals surface area (Å²) in [5.41, 5.74) is 3.78. The molecule has 17 heavy (non-hydrogen) atoms. The van der Waals surface area contributed by atoms with E-state index in [0.717, 1.165) is 27.7 Å². The first-order valence-electron chi connectivity index (χ1n) is 5.58. The third kappa shape index (κ3) is 2.40. The zero-order valence-corrected chi connectivity index (χ0v) is 11.4. The summed E-state index contributed by atoms with van der Waals surface area (Å²) in [6, 6.07) is 0. The number of thiazole rings is 1. The molecule has 0 saturated heterocycles. The topological polar surface area (TPSA) is 50.9 Å². The van der Waals surface area contributed by atoms with Crippen LogP contribution in [0.5, 0.6) is 0 Å². The van der Waals surface area contributed by atoms with Crippen molar-refractivity contribution in [1.82, 2.24) is 14.8 Å². The SMILES string of the molecule is Cc1nc(CC(O)c2c(C)nn(C)c2C)cs1. The molecule has 2 rings (SSSR count). The van der Waals surface area contributed by atoms with Gasteiger partial charge in [-0.2, -0.15) is 5.10 Å². The lowest BCUT2D eigenvalue weighted by molar-refractivity contribution is 0.176. The first kappa shape index (κ1) is 12.3. The van der Waals surface area contributed by atoms with Gasteiger partial charge in [0.15, 0.2) is 0 Å². The molecule has 0 aliphatic carbocycles. The summed E-state index contributed by atoms with van der Waals surface area (Å²) in [5.74, 6) is 0. The maximum absolute atomic E-state index is 10.3. The van der Waals surface area contributed by atoms with Crippen LogP contribution < -0.4 is 0 Å². The van der Waals surface area contributed by atoms with Crippen LogP contribution in [0.15, 0.2) is 5.38 Å². The van der Waals surface area contributed by atoms with Gasteiger partial charge in [-0.05, 0) is 20.8 Å². The van der Waals surface area contributed by atoms with E-state index >= 15 is 0 Å². The van der Waals surface area contributed by atoms with Gasteiger partial charge in [-0.15, -0.1) is 11.3 Å². The van der Waals surface area contributed by atoms with Crippen LogP contribution in [0.3, 0.4) is 0 Å². The molecule has 0 aromatic carbocycles.